The predicted molar refractivity (Wildman–Crippen MR) is 85.3 cm³/mol. The molecule has 0 saturated heterocycles. The fourth-order valence-corrected chi connectivity index (χ4v) is 4.70. The number of unbranched alkanes of at least 4 members (excludes halogenated alkanes) is 2. The third kappa shape index (κ3) is 4.80. The first kappa shape index (κ1) is 15.4. The van der Waals surface area contributed by atoms with Gasteiger partial charge in [-0.05, 0) is 49.4 Å². The molecule has 0 radical (unpaired) electrons. The minimum atomic E-state index is 1.07. The zero-order chi connectivity index (χ0) is 13.5. The Kier molecular flexibility index (Phi) is 6.74. The molecule has 0 atom stereocenters. The molecule has 0 aliphatic heterocycles. The molecule has 2 aliphatic carbocycles. The molecule has 0 unspecified atom stereocenters. The maximum absolute atomic E-state index is 2.38. The molecular formula is C19H36. The second-order valence-electron chi connectivity index (χ2n) is 7.47. The van der Waals surface area contributed by atoms with Gasteiger partial charge < -0.3 is 0 Å². The van der Waals surface area contributed by atoms with Crippen LogP contribution in [0, 0.1) is 23.7 Å². The van der Waals surface area contributed by atoms with Crippen LogP contribution in [0.2, 0.25) is 0 Å². The van der Waals surface area contributed by atoms with Gasteiger partial charge in [0.1, 0.15) is 0 Å². The molecule has 0 N–H and O–H groups in total. The second-order valence-corrected chi connectivity index (χ2v) is 7.47. The van der Waals surface area contributed by atoms with Gasteiger partial charge in [-0.1, -0.05) is 71.6 Å². The minimum absolute atomic E-state index is 1.07. The van der Waals surface area contributed by atoms with Crippen molar-refractivity contribution in [1.82, 2.24) is 0 Å². The molecule has 0 aromatic rings. The van der Waals surface area contributed by atoms with Crippen molar-refractivity contribution >= 4 is 0 Å². The smallest absolute Gasteiger partial charge is 0.0386 e. The summed E-state index contributed by atoms with van der Waals surface area (Å²) in [6.07, 6.45) is 19.7. The van der Waals surface area contributed by atoms with Gasteiger partial charge in [0.05, 0.1) is 0 Å². The fourth-order valence-electron chi connectivity index (χ4n) is 4.70. The summed E-state index contributed by atoms with van der Waals surface area (Å²) in [5.74, 6) is 4.39. The molecule has 2 fully saturated rings. The quantitative estimate of drug-likeness (QED) is 0.475. The van der Waals surface area contributed by atoms with Crippen LogP contribution in [0.3, 0.4) is 0 Å². The van der Waals surface area contributed by atoms with E-state index < -0.39 is 0 Å². The van der Waals surface area contributed by atoms with Crippen molar-refractivity contribution in [3.05, 3.63) is 0 Å². The predicted octanol–water partition coefficient (Wildman–Crippen LogP) is 6.59. The monoisotopic (exact) mass is 264 g/mol. The Labute approximate surface area is 121 Å². The van der Waals surface area contributed by atoms with Crippen LogP contribution >= 0.6 is 0 Å². The maximum atomic E-state index is 2.38. The molecule has 2 rings (SSSR count). The van der Waals surface area contributed by atoms with E-state index in [9.17, 15) is 0 Å². The van der Waals surface area contributed by atoms with Crippen LogP contribution in [0.25, 0.3) is 0 Å². The van der Waals surface area contributed by atoms with Crippen molar-refractivity contribution in [3.8, 4) is 0 Å². The van der Waals surface area contributed by atoms with Gasteiger partial charge in [0.15, 0.2) is 0 Å². The molecule has 19 heavy (non-hydrogen) atoms. The van der Waals surface area contributed by atoms with Crippen LogP contribution in [-0.2, 0) is 0 Å². The molecule has 0 aromatic heterocycles. The van der Waals surface area contributed by atoms with Gasteiger partial charge in [-0.2, -0.15) is 0 Å². The standard InChI is InChI=1S/C19H36/c1-3-5-6-7-17-10-14-19(15-11-17)18-12-8-16(4-2)9-13-18/h16-19H,3-15H2,1-2H3/t16-,17?,18-,19?. The highest BCUT2D eigenvalue weighted by Gasteiger charge is 2.30. The third-order valence-corrected chi connectivity index (χ3v) is 6.24. The zero-order valence-corrected chi connectivity index (χ0v) is 13.5. The Balaban J connectivity index is 1.63. The van der Waals surface area contributed by atoms with E-state index >= 15 is 0 Å². The molecule has 0 heteroatoms. The normalized spacial score (nSPS) is 36.3. The minimum Gasteiger partial charge on any atom is -0.0654 e. The zero-order valence-electron chi connectivity index (χ0n) is 13.5. The summed E-state index contributed by atoms with van der Waals surface area (Å²) < 4.78 is 0. The van der Waals surface area contributed by atoms with Crippen LogP contribution in [0.5, 0.6) is 0 Å². The summed E-state index contributed by atoms with van der Waals surface area (Å²) in [6.45, 7) is 4.70. The Hall–Kier alpha value is 0. The van der Waals surface area contributed by atoms with Crippen LogP contribution in [0.15, 0.2) is 0 Å². The van der Waals surface area contributed by atoms with E-state index in [2.05, 4.69) is 13.8 Å². The van der Waals surface area contributed by atoms with Crippen molar-refractivity contribution in [3.63, 3.8) is 0 Å². The average molecular weight is 264 g/mol. The topological polar surface area (TPSA) is 0 Å². The van der Waals surface area contributed by atoms with Crippen molar-refractivity contribution in [1.29, 1.82) is 0 Å². The highest BCUT2D eigenvalue weighted by molar-refractivity contribution is 4.81. The van der Waals surface area contributed by atoms with E-state index in [1.54, 1.807) is 38.5 Å². The van der Waals surface area contributed by atoms with Crippen LogP contribution in [-0.4, -0.2) is 0 Å². The summed E-state index contributed by atoms with van der Waals surface area (Å²) in [5, 5.41) is 0. The van der Waals surface area contributed by atoms with Crippen LogP contribution in [0.1, 0.15) is 97.3 Å². The van der Waals surface area contributed by atoms with E-state index in [-0.39, 0.29) is 0 Å². The first-order valence-electron chi connectivity index (χ1n) is 9.33. The molecule has 2 saturated carbocycles. The van der Waals surface area contributed by atoms with Gasteiger partial charge in [-0.3, -0.25) is 0 Å². The van der Waals surface area contributed by atoms with E-state index in [1.165, 1.54) is 44.9 Å². The van der Waals surface area contributed by atoms with Gasteiger partial charge >= 0.3 is 0 Å². The Morgan fingerprint density at radius 1 is 0.632 bits per heavy atom. The third-order valence-electron chi connectivity index (χ3n) is 6.24. The lowest BCUT2D eigenvalue weighted by Crippen LogP contribution is -2.25. The highest BCUT2D eigenvalue weighted by atomic mass is 14.4. The van der Waals surface area contributed by atoms with E-state index in [4.69, 9.17) is 0 Å². The summed E-state index contributed by atoms with van der Waals surface area (Å²) in [6, 6.07) is 0. The molecule has 0 nitrogen and oxygen atoms in total. The maximum Gasteiger partial charge on any atom is -0.0386 e. The lowest BCUT2D eigenvalue weighted by atomic mass is 9.68. The van der Waals surface area contributed by atoms with E-state index in [1.807, 2.05) is 0 Å². The fraction of sp³-hybridized carbons (Fsp3) is 1.00. The second kappa shape index (κ2) is 8.32. The molecule has 0 heterocycles. The van der Waals surface area contributed by atoms with E-state index in [0.717, 1.165) is 23.7 Å². The van der Waals surface area contributed by atoms with Crippen molar-refractivity contribution in [2.45, 2.75) is 97.3 Å². The summed E-state index contributed by atoms with van der Waals surface area (Å²) in [4.78, 5) is 0. The molecular weight excluding hydrogens is 228 g/mol. The summed E-state index contributed by atoms with van der Waals surface area (Å²) >= 11 is 0. The average Bonchev–Trinajstić information content (AvgIpc) is 2.48. The first-order valence-corrected chi connectivity index (χ1v) is 9.33. The molecule has 112 valence electrons. The van der Waals surface area contributed by atoms with Gasteiger partial charge in [0, 0.05) is 0 Å². The Bertz CT molecular complexity index is 216. The van der Waals surface area contributed by atoms with Crippen LogP contribution < -0.4 is 0 Å². The Morgan fingerprint density at radius 2 is 1.16 bits per heavy atom. The van der Waals surface area contributed by atoms with Crippen molar-refractivity contribution in [2.75, 3.05) is 0 Å². The summed E-state index contributed by atoms with van der Waals surface area (Å²) in [7, 11) is 0. The molecule has 0 spiro atoms. The van der Waals surface area contributed by atoms with E-state index in [0.29, 0.717) is 0 Å². The van der Waals surface area contributed by atoms with Crippen molar-refractivity contribution in [2.24, 2.45) is 23.7 Å². The molecule has 2 aliphatic rings. The van der Waals surface area contributed by atoms with Gasteiger partial charge in [0.25, 0.3) is 0 Å². The molecule has 0 amide bonds. The number of rotatable bonds is 6. The highest BCUT2D eigenvalue weighted by Crippen LogP contribution is 2.42. The Morgan fingerprint density at radius 3 is 1.63 bits per heavy atom. The van der Waals surface area contributed by atoms with Crippen molar-refractivity contribution < 1.29 is 0 Å². The largest absolute Gasteiger partial charge is 0.0654 e. The van der Waals surface area contributed by atoms with Gasteiger partial charge in [0.2, 0.25) is 0 Å². The van der Waals surface area contributed by atoms with Gasteiger partial charge in [-0.15, -0.1) is 0 Å². The lowest BCUT2D eigenvalue weighted by Gasteiger charge is -2.37. The van der Waals surface area contributed by atoms with Crippen LogP contribution in [0.4, 0.5) is 0 Å². The SMILES string of the molecule is CCCCCC1CCC([C@H]2CC[C@H](CC)CC2)CC1. The van der Waals surface area contributed by atoms with Gasteiger partial charge in [-0.25, -0.2) is 0 Å². The first-order chi connectivity index (χ1) is 9.33. The number of hydrogen-bond acceptors (Lipinski definition) is 0. The lowest BCUT2D eigenvalue weighted by molar-refractivity contribution is 0.142. The number of hydrogen-bond donors (Lipinski definition) is 0. The molecule has 0 bridgehead atoms. The summed E-state index contributed by atoms with van der Waals surface area (Å²) in [5.41, 5.74) is 0. The molecule has 0 aromatic carbocycles.